The third-order valence-electron chi connectivity index (χ3n) is 3.39. The molecule has 0 radical (unpaired) electrons. The fourth-order valence-corrected chi connectivity index (χ4v) is 2.32. The summed E-state index contributed by atoms with van der Waals surface area (Å²) in [6.45, 7) is 0. The molecule has 0 atom stereocenters. The van der Waals surface area contributed by atoms with E-state index >= 15 is 0 Å². The smallest absolute Gasteiger partial charge is 0.326 e. The molecule has 2 aromatic heterocycles. The Balaban J connectivity index is 1.82. The number of imidazole rings is 1. The van der Waals surface area contributed by atoms with Crippen molar-refractivity contribution < 1.29 is 4.74 Å². The van der Waals surface area contributed by atoms with Crippen LogP contribution in [-0.2, 0) is 0 Å². The molecule has 6 nitrogen and oxygen atoms in total. The van der Waals surface area contributed by atoms with Crippen molar-refractivity contribution in [3.8, 4) is 17.4 Å². The zero-order valence-electron chi connectivity index (χ0n) is 12.1. The van der Waals surface area contributed by atoms with Gasteiger partial charge < -0.3 is 10.5 Å². The first-order valence-electron chi connectivity index (χ1n) is 7.10. The molecule has 0 aliphatic heterocycles. The maximum absolute atomic E-state index is 6.00. The highest BCUT2D eigenvalue weighted by Gasteiger charge is 2.13. The molecule has 112 valence electrons. The Kier molecular flexibility index (Phi) is 3.12. The highest BCUT2D eigenvalue weighted by atomic mass is 16.5. The van der Waals surface area contributed by atoms with Gasteiger partial charge in [0.25, 0.3) is 0 Å². The van der Waals surface area contributed by atoms with Gasteiger partial charge in [-0.25, -0.2) is 4.98 Å². The molecule has 0 bridgehead atoms. The van der Waals surface area contributed by atoms with E-state index in [9.17, 15) is 0 Å². The van der Waals surface area contributed by atoms with E-state index in [-0.39, 0.29) is 11.8 Å². The van der Waals surface area contributed by atoms with E-state index in [4.69, 9.17) is 10.5 Å². The predicted octanol–water partition coefficient (Wildman–Crippen LogP) is 3.19. The van der Waals surface area contributed by atoms with E-state index < -0.39 is 0 Å². The number of hydrogen-bond donors (Lipinski definition) is 1. The van der Waals surface area contributed by atoms with Crippen LogP contribution in [0.15, 0.2) is 67.0 Å². The molecule has 4 aromatic rings. The highest BCUT2D eigenvalue weighted by Crippen LogP contribution is 2.24. The SMILES string of the molecule is Nc1nc(Oc2ccccc2)nc2c1ncn2-c1ccccc1. The van der Waals surface area contributed by atoms with Gasteiger partial charge in [0.05, 0.1) is 0 Å². The van der Waals surface area contributed by atoms with Crippen LogP contribution in [0, 0.1) is 0 Å². The van der Waals surface area contributed by atoms with E-state index in [0.717, 1.165) is 5.69 Å². The van der Waals surface area contributed by atoms with Crippen molar-refractivity contribution in [2.24, 2.45) is 0 Å². The van der Waals surface area contributed by atoms with Crippen LogP contribution in [-0.4, -0.2) is 19.5 Å². The molecule has 0 saturated heterocycles. The van der Waals surface area contributed by atoms with Crippen LogP contribution in [0.4, 0.5) is 5.82 Å². The molecule has 23 heavy (non-hydrogen) atoms. The van der Waals surface area contributed by atoms with E-state index in [1.807, 2.05) is 65.2 Å². The summed E-state index contributed by atoms with van der Waals surface area (Å²) >= 11 is 0. The van der Waals surface area contributed by atoms with Crippen LogP contribution in [0.5, 0.6) is 11.8 Å². The number of para-hydroxylation sites is 2. The van der Waals surface area contributed by atoms with Crippen molar-refractivity contribution in [1.82, 2.24) is 19.5 Å². The van der Waals surface area contributed by atoms with Gasteiger partial charge in [-0.1, -0.05) is 36.4 Å². The van der Waals surface area contributed by atoms with Gasteiger partial charge in [-0.15, -0.1) is 0 Å². The Morgan fingerprint density at radius 2 is 1.57 bits per heavy atom. The quantitative estimate of drug-likeness (QED) is 0.629. The molecule has 0 saturated carbocycles. The largest absolute Gasteiger partial charge is 0.424 e. The molecular weight excluding hydrogens is 290 g/mol. The lowest BCUT2D eigenvalue weighted by molar-refractivity contribution is 0.444. The summed E-state index contributed by atoms with van der Waals surface area (Å²) in [5.74, 6) is 0.938. The van der Waals surface area contributed by atoms with E-state index in [0.29, 0.717) is 16.9 Å². The molecule has 2 N–H and O–H groups in total. The maximum atomic E-state index is 6.00. The molecule has 0 unspecified atom stereocenters. The van der Waals surface area contributed by atoms with Crippen molar-refractivity contribution >= 4 is 17.0 Å². The molecule has 0 spiro atoms. The van der Waals surface area contributed by atoms with Crippen molar-refractivity contribution in [1.29, 1.82) is 0 Å². The van der Waals surface area contributed by atoms with E-state index in [1.165, 1.54) is 0 Å². The molecular formula is C17H13N5O. The standard InChI is InChI=1S/C17H13N5O/c18-15-14-16(22(11-19-14)12-7-3-1-4-8-12)21-17(20-15)23-13-9-5-2-6-10-13/h1-11H,(H2,18,20,21). The van der Waals surface area contributed by atoms with Crippen molar-refractivity contribution in [3.05, 3.63) is 67.0 Å². The van der Waals surface area contributed by atoms with E-state index in [2.05, 4.69) is 15.0 Å². The van der Waals surface area contributed by atoms with Crippen LogP contribution in [0.2, 0.25) is 0 Å². The number of rotatable bonds is 3. The number of nitrogen functional groups attached to an aromatic ring is 1. The summed E-state index contributed by atoms with van der Waals surface area (Å²) < 4.78 is 7.54. The number of fused-ring (bicyclic) bond motifs is 1. The average molecular weight is 303 g/mol. The normalized spacial score (nSPS) is 10.8. The van der Waals surface area contributed by atoms with Crippen LogP contribution in [0.25, 0.3) is 16.9 Å². The van der Waals surface area contributed by atoms with Crippen LogP contribution in [0.1, 0.15) is 0 Å². The van der Waals surface area contributed by atoms with Gasteiger partial charge in [-0.3, -0.25) is 4.57 Å². The summed E-state index contributed by atoms with van der Waals surface area (Å²) in [6, 6.07) is 19.3. The van der Waals surface area contributed by atoms with E-state index in [1.54, 1.807) is 6.33 Å². The summed E-state index contributed by atoms with van der Waals surface area (Å²) in [5.41, 5.74) is 8.09. The lowest BCUT2D eigenvalue weighted by atomic mass is 10.3. The first-order chi connectivity index (χ1) is 11.3. The third-order valence-corrected chi connectivity index (χ3v) is 3.39. The first-order valence-corrected chi connectivity index (χ1v) is 7.10. The molecule has 0 aliphatic rings. The number of aromatic nitrogens is 4. The van der Waals surface area contributed by atoms with Crippen LogP contribution >= 0.6 is 0 Å². The monoisotopic (exact) mass is 303 g/mol. The van der Waals surface area contributed by atoms with Gasteiger partial charge >= 0.3 is 6.01 Å². The highest BCUT2D eigenvalue weighted by molar-refractivity contribution is 5.83. The number of nitrogens with two attached hydrogens (primary N) is 1. The molecule has 4 rings (SSSR count). The number of hydrogen-bond acceptors (Lipinski definition) is 5. The minimum atomic E-state index is 0.193. The predicted molar refractivity (Wildman–Crippen MR) is 87.6 cm³/mol. The fraction of sp³-hybridized carbons (Fsp3) is 0. The first kappa shape index (κ1) is 13.3. The minimum absolute atomic E-state index is 0.193. The molecule has 2 aromatic carbocycles. The lowest BCUT2D eigenvalue weighted by Crippen LogP contribution is -2.00. The zero-order chi connectivity index (χ0) is 15.6. The second-order valence-electron chi connectivity index (χ2n) is 4.93. The van der Waals surface area contributed by atoms with Crippen molar-refractivity contribution in [3.63, 3.8) is 0 Å². The van der Waals surface area contributed by atoms with Gasteiger partial charge in [-0.2, -0.15) is 9.97 Å². The summed E-state index contributed by atoms with van der Waals surface area (Å²) in [5, 5.41) is 0. The van der Waals surface area contributed by atoms with Gasteiger partial charge in [0, 0.05) is 5.69 Å². The minimum Gasteiger partial charge on any atom is -0.424 e. The van der Waals surface area contributed by atoms with Gasteiger partial charge in [0.1, 0.15) is 12.1 Å². The Hall–Kier alpha value is -3.41. The summed E-state index contributed by atoms with van der Waals surface area (Å²) in [6.07, 6.45) is 1.68. The Morgan fingerprint density at radius 3 is 2.30 bits per heavy atom. The van der Waals surface area contributed by atoms with Crippen LogP contribution < -0.4 is 10.5 Å². The second kappa shape index (κ2) is 5.42. The Bertz CT molecular complexity index is 951. The molecule has 0 fully saturated rings. The fourth-order valence-electron chi connectivity index (χ4n) is 2.32. The number of ether oxygens (including phenoxy) is 1. The van der Waals surface area contributed by atoms with Gasteiger partial charge in [0.15, 0.2) is 17.0 Å². The number of anilines is 1. The van der Waals surface area contributed by atoms with Crippen LogP contribution in [0.3, 0.4) is 0 Å². The average Bonchev–Trinajstić information content (AvgIpc) is 3.01. The molecule has 0 aliphatic carbocycles. The van der Waals surface area contributed by atoms with Gasteiger partial charge in [-0.05, 0) is 24.3 Å². The maximum Gasteiger partial charge on any atom is 0.326 e. The summed E-state index contributed by atoms with van der Waals surface area (Å²) in [7, 11) is 0. The summed E-state index contributed by atoms with van der Waals surface area (Å²) in [4.78, 5) is 12.9. The lowest BCUT2D eigenvalue weighted by Gasteiger charge is -2.06. The molecule has 6 heteroatoms. The molecule has 2 heterocycles. The number of benzene rings is 2. The van der Waals surface area contributed by atoms with Crippen molar-refractivity contribution in [2.45, 2.75) is 0 Å². The third kappa shape index (κ3) is 2.46. The number of nitrogens with zero attached hydrogens (tertiary/aromatic N) is 4. The Labute approximate surface area is 132 Å². The van der Waals surface area contributed by atoms with Gasteiger partial charge in [0.2, 0.25) is 0 Å². The topological polar surface area (TPSA) is 78.8 Å². The zero-order valence-corrected chi connectivity index (χ0v) is 12.1. The van der Waals surface area contributed by atoms with Crippen molar-refractivity contribution in [2.75, 3.05) is 5.73 Å². The Morgan fingerprint density at radius 1 is 0.870 bits per heavy atom. The molecule has 0 amide bonds. The second-order valence-corrected chi connectivity index (χ2v) is 4.93.